The van der Waals surface area contributed by atoms with Gasteiger partial charge >= 0.3 is 0 Å². The van der Waals surface area contributed by atoms with Gasteiger partial charge in [-0.1, -0.05) is 12.1 Å². The molecule has 0 saturated carbocycles. The van der Waals surface area contributed by atoms with Crippen LogP contribution in [0.25, 0.3) is 10.9 Å². The Kier molecular flexibility index (Phi) is 3.90. The summed E-state index contributed by atoms with van der Waals surface area (Å²) in [6, 6.07) is 10.5. The fourth-order valence-electron chi connectivity index (χ4n) is 1.32. The Morgan fingerprint density at radius 3 is 2.69 bits per heavy atom. The van der Waals surface area contributed by atoms with Gasteiger partial charge in [-0.05, 0) is 28.7 Å². The molecule has 0 radical (unpaired) electrons. The van der Waals surface area contributed by atoms with Crippen LogP contribution in [0.5, 0.6) is 0 Å². The fourth-order valence-corrected chi connectivity index (χ4v) is 2.25. The molecule has 0 saturated heterocycles. The van der Waals surface area contributed by atoms with Crippen LogP contribution in [0.4, 0.5) is 0 Å². The van der Waals surface area contributed by atoms with Crippen LogP contribution in [0.1, 0.15) is 5.69 Å². The number of aromatic nitrogens is 1. The Morgan fingerprint density at radius 2 is 1.92 bits per heavy atom. The molecule has 68 valence electrons. The molecule has 2 aromatic rings. The third-order valence-electron chi connectivity index (χ3n) is 1.86. The normalized spacial score (nSPS) is 9.69. The summed E-state index contributed by atoms with van der Waals surface area (Å²) in [6.07, 6.45) is 0. The number of para-hydroxylation sites is 1. The van der Waals surface area contributed by atoms with Crippen LogP contribution in [0.15, 0.2) is 30.3 Å². The third-order valence-corrected chi connectivity index (χ3v) is 2.75. The summed E-state index contributed by atoms with van der Waals surface area (Å²) >= 11 is 2.36. The number of aromatic amines is 1. The molecule has 0 amide bonds. The lowest BCUT2D eigenvalue weighted by Gasteiger charge is -1.94. The van der Waals surface area contributed by atoms with Crippen molar-refractivity contribution in [2.24, 2.45) is 0 Å². The number of hydrogen-bond donors (Lipinski definition) is 0. The summed E-state index contributed by atoms with van der Waals surface area (Å²) in [6.45, 7) is 2.08. The lowest BCUT2D eigenvalue weighted by Crippen LogP contribution is -3.00. The molecular weight excluding hydrogens is 388 g/mol. The van der Waals surface area contributed by atoms with E-state index in [-0.39, 0.29) is 24.0 Å². The number of fused-ring (bicyclic) bond motifs is 1. The van der Waals surface area contributed by atoms with Crippen LogP contribution in [0.2, 0.25) is 0 Å². The van der Waals surface area contributed by atoms with Gasteiger partial charge in [-0.25, -0.2) is 4.98 Å². The first-order valence-electron chi connectivity index (χ1n) is 3.84. The van der Waals surface area contributed by atoms with E-state index in [4.69, 9.17) is 0 Å². The lowest BCUT2D eigenvalue weighted by atomic mass is 10.2. The van der Waals surface area contributed by atoms with Gasteiger partial charge in [0.25, 0.3) is 0 Å². The van der Waals surface area contributed by atoms with E-state index >= 15 is 0 Å². The number of nitrogens with one attached hydrogen (secondary N) is 1. The number of pyridine rings is 1. The number of rotatable bonds is 0. The van der Waals surface area contributed by atoms with Crippen molar-refractivity contribution in [3.63, 3.8) is 0 Å². The van der Waals surface area contributed by atoms with E-state index in [1.165, 1.54) is 20.2 Å². The molecule has 3 heteroatoms. The molecule has 0 fully saturated rings. The van der Waals surface area contributed by atoms with Crippen LogP contribution in [0.3, 0.4) is 0 Å². The largest absolute Gasteiger partial charge is 1.00 e. The molecule has 1 nitrogen and oxygen atoms in total. The van der Waals surface area contributed by atoms with Crippen molar-refractivity contribution in [1.82, 2.24) is 0 Å². The molecule has 1 N–H and O–H groups in total. The third kappa shape index (κ3) is 2.31. The van der Waals surface area contributed by atoms with Gasteiger partial charge in [0, 0.05) is 22.6 Å². The molecule has 0 atom stereocenters. The molecule has 0 aliphatic heterocycles. The molecule has 13 heavy (non-hydrogen) atoms. The molecule has 0 unspecified atom stereocenters. The molecule has 2 rings (SSSR count). The van der Waals surface area contributed by atoms with E-state index in [1.54, 1.807) is 0 Å². The summed E-state index contributed by atoms with van der Waals surface area (Å²) in [5, 5.41) is 1.30. The highest BCUT2D eigenvalue weighted by Gasteiger charge is 2.04. The zero-order valence-electron chi connectivity index (χ0n) is 7.14. The summed E-state index contributed by atoms with van der Waals surface area (Å²) in [5.74, 6) is 0. The Balaban J connectivity index is 0.000000845. The molecule has 1 heterocycles. The smallest absolute Gasteiger partial charge is 0.212 e. The Hall–Kier alpha value is 0.0900. The molecule has 0 bridgehead atoms. The van der Waals surface area contributed by atoms with E-state index in [1.807, 2.05) is 6.07 Å². The molecule has 0 aliphatic carbocycles. The summed E-state index contributed by atoms with van der Waals surface area (Å²) in [5.41, 5.74) is 2.42. The Labute approximate surface area is 108 Å². The quantitative estimate of drug-likeness (QED) is 0.537. The number of H-pyrrole nitrogens is 1. The number of halogens is 2. The van der Waals surface area contributed by atoms with Crippen molar-refractivity contribution >= 4 is 33.5 Å². The van der Waals surface area contributed by atoms with Crippen molar-refractivity contribution in [2.75, 3.05) is 0 Å². The van der Waals surface area contributed by atoms with Crippen molar-refractivity contribution in [3.05, 3.63) is 39.6 Å². The maximum atomic E-state index is 3.33. The standard InChI is InChI=1S/C10H8IN.HI/c1-7-6-9(11)8-4-2-3-5-10(8)12-7;/h2-6H,1H3;1H. The van der Waals surface area contributed by atoms with E-state index in [0.717, 1.165) is 0 Å². The predicted molar refractivity (Wildman–Crippen MR) is 58.0 cm³/mol. The minimum atomic E-state index is 0. The maximum absolute atomic E-state index is 3.33. The number of benzene rings is 1. The number of hydrogen-bond acceptors (Lipinski definition) is 0. The van der Waals surface area contributed by atoms with Crippen LogP contribution in [-0.4, -0.2) is 0 Å². The number of aryl methyl sites for hydroxylation is 1. The zero-order valence-corrected chi connectivity index (χ0v) is 11.5. The second-order valence-corrected chi connectivity index (χ2v) is 4.01. The molecule has 1 aromatic heterocycles. The highest BCUT2D eigenvalue weighted by atomic mass is 127. The first-order valence-corrected chi connectivity index (χ1v) is 4.92. The first kappa shape index (κ1) is 11.2. The van der Waals surface area contributed by atoms with Crippen LogP contribution >= 0.6 is 22.6 Å². The zero-order chi connectivity index (χ0) is 8.55. The van der Waals surface area contributed by atoms with Crippen LogP contribution < -0.4 is 29.0 Å². The van der Waals surface area contributed by atoms with Gasteiger partial charge < -0.3 is 24.0 Å². The van der Waals surface area contributed by atoms with Gasteiger partial charge in [0.15, 0.2) is 5.69 Å². The van der Waals surface area contributed by atoms with E-state index < -0.39 is 0 Å². The molecular formula is C10H9I2N. The van der Waals surface area contributed by atoms with E-state index in [9.17, 15) is 0 Å². The Bertz CT molecular complexity index is 426. The lowest BCUT2D eigenvalue weighted by molar-refractivity contribution is -0.354. The highest BCUT2D eigenvalue weighted by Crippen LogP contribution is 2.16. The monoisotopic (exact) mass is 397 g/mol. The van der Waals surface area contributed by atoms with E-state index in [2.05, 4.69) is 58.8 Å². The minimum absolute atomic E-state index is 0. The van der Waals surface area contributed by atoms with Gasteiger partial charge in [-0.3, -0.25) is 0 Å². The molecule has 0 spiro atoms. The van der Waals surface area contributed by atoms with Gasteiger partial charge in [0.1, 0.15) is 0 Å². The molecule has 1 aromatic carbocycles. The Morgan fingerprint density at radius 1 is 1.23 bits per heavy atom. The van der Waals surface area contributed by atoms with Gasteiger partial charge in [-0.15, -0.1) is 0 Å². The van der Waals surface area contributed by atoms with Crippen molar-refractivity contribution in [3.8, 4) is 0 Å². The van der Waals surface area contributed by atoms with Crippen LogP contribution in [0, 0.1) is 10.5 Å². The summed E-state index contributed by atoms with van der Waals surface area (Å²) in [4.78, 5) is 3.33. The topological polar surface area (TPSA) is 14.1 Å². The van der Waals surface area contributed by atoms with Crippen molar-refractivity contribution in [2.45, 2.75) is 6.92 Å². The highest BCUT2D eigenvalue weighted by molar-refractivity contribution is 14.1. The maximum Gasteiger partial charge on any atom is 0.212 e. The minimum Gasteiger partial charge on any atom is -1.00 e. The fraction of sp³-hybridized carbons (Fsp3) is 0.100. The second kappa shape index (κ2) is 4.54. The average Bonchev–Trinajstić information content (AvgIpc) is 2.04. The van der Waals surface area contributed by atoms with Crippen LogP contribution in [-0.2, 0) is 0 Å². The van der Waals surface area contributed by atoms with Crippen molar-refractivity contribution in [1.29, 1.82) is 0 Å². The average molecular weight is 397 g/mol. The second-order valence-electron chi connectivity index (χ2n) is 2.85. The van der Waals surface area contributed by atoms with Gasteiger partial charge in [-0.2, -0.15) is 0 Å². The van der Waals surface area contributed by atoms with Gasteiger partial charge in [0.2, 0.25) is 5.52 Å². The first-order chi connectivity index (χ1) is 5.77. The summed E-state index contributed by atoms with van der Waals surface area (Å²) < 4.78 is 1.31. The predicted octanol–water partition coefficient (Wildman–Crippen LogP) is -0.429. The molecule has 0 aliphatic rings. The SMILES string of the molecule is Cc1cc(I)c2ccccc2[nH+]1.[I-]. The van der Waals surface area contributed by atoms with Crippen molar-refractivity contribution < 1.29 is 29.0 Å². The van der Waals surface area contributed by atoms with E-state index in [0.29, 0.717) is 0 Å². The summed E-state index contributed by atoms with van der Waals surface area (Å²) in [7, 11) is 0. The van der Waals surface area contributed by atoms with Gasteiger partial charge in [0.05, 0.1) is 5.39 Å².